The van der Waals surface area contributed by atoms with E-state index in [1.54, 1.807) is 30.3 Å². The maximum Gasteiger partial charge on any atom is 0.274 e. The summed E-state index contributed by atoms with van der Waals surface area (Å²) in [6.45, 7) is 1.51. The Morgan fingerprint density at radius 1 is 0.938 bits per heavy atom. The SMILES string of the molecule is O=Cc1cn(S(=O)(=O)c2ccccc2)c2cccc(N3CCN(C(=O)C(Cl)(Cl)Cl)CC3)c12. The molecular formula is C21H18Cl3N3O4S. The molecule has 1 aliphatic rings. The van der Waals surface area contributed by atoms with Crippen LogP contribution in [0.15, 0.2) is 59.6 Å². The van der Waals surface area contributed by atoms with Gasteiger partial charge in [0.05, 0.1) is 10.4 Å². The number of hydrogen-bond acceptors (Lipinski definition) is 5. The molecule has 11 heteroatoms. The summed E-state index contributed by atoms with van der Waals surface area (Å²) in [6, 6.07) is 13.2. The second-order valence-electron chi connectivity index (χ2n) is 7.26. The zero-order valence-electron chi connectivity index (χ0n) is 16.6. The molecule has 1 aromatic heterocycles. The zero-order valence-corrected chi connectivity index (χ0v) is 19.7. The Hall–Kier alpha value is -2.26. The molecule has 0 unspecified atom stereocenters. The molecule has 1 amide bonds. The number of aldehydes is 1. The van der Waals surface area contributed by atoms with Crippen molar-refractivity contribution in [2.45, 2.75) is 8.69 Å². The molecule has 2 aromatic carbocycles. The number of alkyl halides is 3. The molecule has 0 spiro atoms. The summed E-state index contributed by atoms with van der Waals surface area (Å²) in [5.74, 6) is -0.589. The van der Waals surface area contributed by atoms with Crippen molar-refractivity contribution in [3.05, 3.63) is 60.3 Å². The molecule has 3 aromatic rings. The highest BCUT2D eigenvalue weighted by Gasteiger charge is 2.36. The number of nitrogens with zero attached hydrogens (tertiary/aromatic N) is 3. The topological polar surface area (TPSA) is 79.7 Å². The number of carbonyl (C=O) groups is 2. The number of benzene rings is 2. The van der Waals surface area contributed by atoms with Crippen LogP contribution < -0.4 is 4.90 Å². The van der Waals surface area contributed by atoms with Gasteiger partial charge in [0.25, 0.3) is 19.7 Å². The van der Waals surface area contributed by atoms with Gasteiger partial charge in [-0.05, 0) is 24.3 Å². The quantitative estimate of drug-likeness (QED) is 0.392. The van der Waals surface area contributed by atoms with Crippen LogP contribution in [-0.2, 0) is 14.8 Å². The van der Waals surface area contributed by atoms with E-state index in [4.69, 9.17) is 34.8 Å². The summed E-state index contributed by atoms with van der Waals surface area (Å²) in [5.41, 5.74) is 1.36. The fourth-order valence-corrected chi connectivity index (χ4v) is 5.61. The van der Waals surface area contributed by atoms with Gasteiger partial charge < -0.3 is 9.80 Å². The van der Waals surface area contributed by atoms with Gasteiger partial charge in [-0.25, -0.2) is 12.4 Å². The molecule has 2 heterocycles. The van der Waals surface area contributed by atoms with Crippen molar-refractivity contribution in [2.75, 3.05) is 31.1 Å². The Morgan fingerprint density at radius 3 is 2.19 bits per heavy atom. The molecule has 1 aliphatic heterocycles. The van der Waals surface area contributed by atoms with Gasteiger partial charge >= 0.3 is 0 Å². The zero-order chi connectivity index (χ0) is 23.1. The maximum atomic E-state index is 13.2. The number of rotatable bonds is 4. The third kappa shape index (κ3) is 4.08. The summed E-state index contributed by atoms with van der Waals surface area (Å²) in [7, 11) is -3.90. The van der Waals surface area contributed by atoms with E-state index in [1.165, 1.54) is 23.2 Å². The molecule has 1 fully saturated rings. The van der Waals surface area contributed by atoms with Gasteiger partial charge in [-0.1, -0.05) is 59.1 Å². The average Bonchev–Trinajstić information content (AvgIpc) is 3.18. The molecule has 0 aliphatic carbocycles. The first-order chi connectivity index (χ1) is 15.1. The molecule has 0 atom stereocenters. The Balaban J connectivity index is 1.73. The molecule has 32 heavy (non-hydrogen) atoms. The van der Waals surface area contributed by atoms with Crippen molar-refractivity contribution < 1.29 is 18.0 Å². The van der Waals surface area contributed by atoms with Crippen LogP contribution in [0.3, 0.4) is 0 Å². The fraction of sp³-hybridized carbons (Fsp3) is 0.238. The van der Waals surface area contributed by atoms with E-state index in [2.05, 4.69) is 0 Å². The number of fused-ring (bicyclic) bond motifs is 1. The van der Waals surface area contributed by atoms with Crippen molar-refractivity contribution in [1.29, 1.82) is 0 Å². The molecule has 0 bridgehead atoms. The lowest BCUT2D eigenvalue weighted by molar-refractivity contribution is -0.130. The largest absolute Gasteiger partial charge is 0.367 e. The van der Waals surface area contributed by atoms with Crippen molar-refractivity contribution in [3.8, 4) is 0 Å². The molecule has 0 N–H and O–H groups in total. The van der Waals surface area contributed by atoms with Gasteiger partial charge in [-0.3, -0.25) is 9.59 Å². The lowest BCUT2D eigenvalue weighted by atomic mass is 10.1. The summed E-state index contributed by atoms with van der Waals surface area (Å²) in [6.07, 6.45) is 1.98. The molecule has 4 rings (SSSR count). The molecular weight excluding hydrogens is 497 g/mol. The first-order valence-corrected chi connectivity index (χ1v) is 12.2. The number of halogens is 3. The lowest BCUT2D eigenvalue weighted by Crippen LogP contribution is -2.51. The predicted molar refractivity (Wildman–Crippen MR) is 125 cm³/mol. The van der Waals surface area contributed by atoms with Crippen LogP contribution >= 0.6 is 34.8 Å². The second-order valence-corrected chi connectivity index (χ2v) is 11.4. The normalized spacial score (nSPS) is 15.2. The van der Waals surface area contributed by atoms with Gasteiger partial charge in [0.1, 0.15) is 0 Å². The smallest absolute Gasteiger partial charge is 0.274 e. The number of carbonyl (C=O) groups excluding carboxylic acids is 2. The van der Waals surface area contributed by atoms with Gasteiger partial charge in [-0.15, -0.1) is 0 Å². The fourth-order valence-electron chi connectivity index (χ4n) is 3.86. The van der Waals surface area contributed by atoms with E-state index in [-0.39, 0.29) is 10.5 Å². The monoisotopic (exact) mass is 513 g/mol. The predicted octanol–water partition coefficient (Wildman–Crippen LogP) is 3.71. The lowest BCUT2D eigenvalue weighted by Gasteiger charge is -2.37. The summed E-state index contributed by atoms with van der Waals surface area (Å²) in [5, 5.41) is 0.531. The van der Waals surface area contributed by atoms with Gasteiger partial charge in [0, 0.05) is 49.0 Å². The van der Waals surface area contributed by atoms with E-state index in [1.807, 2.05) is 11.0 Å². The highest BCUT2D eigenvalue weighted by atomic mass is 35.6. The summed E-state index contributed by atoms with van der Waals surface area (Å²) >= 11 is 17.1. The minimum atomic E-state index is -3.90. The van der Waals surface area contributed by atoms with Crippen molar-refractivity contribution in [1.82, 2.24) is 8.87 Å². The minimum Gasteiger partial charge on any atom is -0.367 e. The minimum absolute atomic E-state index is 0.124. The van der Waals surface area contributed by atoms with Gasteiger partial charge in [0.2, 0.25) is 0 Å². The summed E-state index contributed by atoms with van der Waals surface area (Å²) < 4.78 is 25.6. The van der Waals surface area contributed by atoms with E-state index >= 15 is 0 Å². The number of anilines is 1. The van der Waals surface area contributed by atoms with Crippen LogP contribution in [0.2, 0.25) is 0 Å². The van der Waals surface area contributed by atoms with Crippen LogP contribution in [0, 0.1) is 0 Å². The van der Waals surface area contributed by atoms with Gasteiger partial charge in [-0.2, -0.15) is 0 Å². The molecule has 7 nitrogen and oxygen atoms in total. The highest BCUT2D eigenvalue weighted by Crippen LogP contribution is 2.34. The standard InChI is InChI=1S/C21H18Cl3N3O4S/c22-21(23,24)20(29)26-11-9-25(10-12-26)17-7-4-8-18-19(17)15(14-28)13-27(18)32(30,31)16-5-2-1-3-6-16/h1-8,13-14H,9-12H2. The third-order valence-corrected chi connectivity index (χ3v) is 7.55. The number of aromatic nitrogens is 1. The number of hydrogen-bond donors (Lipinski definition) is 0. The van der Waals surface area contributed by atoms with E-state index < -0.39 is 19.7 Å². The van der Waals surface area contributed by atoms with Gasteiger partial charge in [0.15, 0.2) is 6.29 Å². The van der Waals surface area contributed by atoms with Crippen LogP contribution in [0.25, 0.3) is 10.9 Å². The number of amides is 1. The van der Waals surface area contributed by atoms with E-state index in [0.717, 1.165) is 3.97 Å². The Morgan fingerprint density at radius 2 is 1.59 bits per heavy atom. The van der Waals surface area contributed by atoms with Crippen LogP contribution in [-0.4, -0.2) is 59.5 Å². The van der Waals surface area contributed by atoms with Crippen LogP contribution in [0.4, 0.5) is 5.69 Å². The van der Waals surface area contributed by atoms with Crippen LogP contribution in [0.5, 0.6) is 0 Å². The molecule has 1 saturated heterocycles. The van der Waals surface area contributed by atoms with Crippen molar-refractivity contribution in [3.63, 3.8) is 0 Å². The molecule has 0 radical (unpaired) electrons. The van der Waals surface area contributed by atoms with E-state index in [0.29, 0.717) is 49.1 Å². The second kappa shape index (κ2) is 8.59. The number of piperazine rings is 1. The van der Waals surface area contributed by atoms with E-state index in [9.17, 15) is 18.0 Å². The Bertz CT molecular complexity index is 1280. The van der Waals surface area contributed by atoms with Crippen LogP contribution in [0.1, 0.15) is 10.4 Å². The van der Waals surface area contributed by atoms with Crippen molar-refractivity contribution in [2.24, 2.45) is 0 Å². The molecule has 168 valence electrons. The molecule has 0 saturated carbocycles. The first kappa shape index (κ1) is 22.9. The van der Waals surface area contributed by atoms with Crippen molar-refractivity contribution >= 4 is 73.6 Å². The summed E-state index contributed by atoms with van der Waals surface area (Å²) in [4.78, 5) is 27.7. The third-order valence-electron chi connectivity index (χ3n) is 5.38. The Kier molecular flexibility index (Phi) is 6.15. The highest BCUT2D eigenvalue weighted by molar-refractivity contribution is 7.90. The first-order valence-electron chi connectivity index (χ1n) is 9.65. The Labute approximate surface area is 200 Å². The maximum absolute atomic E-state index is 13.2. The average molecular weight is 515 g/mol.